The fourth-order valence-electron chi connectivity index (χ4n) is 3.87. The minimum atomic E-state index is -4.24. The van der Waals surface area contributed by atoms with Crippen LogP contribution in [0.2, 0.25) is 0 Å². The second-order valence-electron chi connectivity index (χ2n) is 7.52. The first-order valence-corrected chi connectivity index (χ1v) is 11.6. The second-order valence-corrected chi connectivity index (χ2v) is 9.35. The Bertz CT molecular complexity index is 1530. The predicted octanol–water partition coefficient (Wildman–Crippen LogP) is 5.38. The van der Waals surface area contributed by atoms with Crippen molar-refractivity contribution in [3.63, 3.8) is 0 Å². The lowest BCUT2D eigenvalue weighted by Gasteiger charge is -2.31. The molecule has 0 fully saturated rings. The molecule has 0 spiro atoms. The lowest BCUT2D eigenvalue weighted by molar-refractivity contribution is -0.387. The van der Waals surface area contributed by atoms with E-state index in [1.165, 1.54) is 24.3 Å². The highest BCUT2D eigenvalue weighted by Crippen LogP contribution is 2.39. The maximum atomic E-state index is 13.6. The van der Waals surface area contributed by atoms with Crippen molar-refractivity contribution in [2.24, 2.45) is 0 Å². The number of anilines is 1. The first-order chi connectivity index (χ1) is 15.9. The van der Waals surface area contributed by atoms with Crippen LogP contribution in [0.4, 0.5) is 11.4 Å². The molecule has 4 aromatic rings. The molecule has 0 saturated heterocycles. The molecule has 5 rings (SSSR count). The standard InChI is InChI=1S/C25H18N2O5S/c28-27(29)23-10-4-6-12-25(23)33(30,31)26-17-21(32-24-11-5-3-9-22(24)26)16-18-13-14-19-7-1-2-8-20(19)15-18/h1-16H,17H2/b21-16-. The van der Waals surface area contributed by atoms with Gasteiger partial charge in [0.05, 0.1) is 17.2 Å². The van der Waals surface area contributed by atoms with Crippen molar-refractivity contribution in [3.8, 4) is 5.75 Å². The number of rotatable bonds is 4. The summed E-state index contributed by atoms with van der Waals surface area (Å²) in [4.78, 5) is 10.4. The minimum absolute atomic E-state index is 0.0990. The lowest BCUT2D eigenvalue weighted by Crippen LogP contribution is -2.37. The molecule has 4 aromatic carbocycles. The van der Waals surface area contributed by atoms with Crippen LogP contribution in [0.5, 0.6) is 5.75 Å². The van der Waals surface area contributed by atoms with Gasteiger partial charge in [-0.15, -0.1) is 0 Å². The molecule has 7 nitrogen and oxygen atoms in total. The van der Waals surface area contributed by atoms with Gasteiger partial charge in [-0.2, -0.15) is 0 Å². The molecule has 1 aliphatic rings. The van der Waals surface area contributed by atoms with E-state index in [4.69, 9.17) is 4.74 Å². The van der Waals surface area contributed by atoms with Crippen LogP contribution in [-0.4, -0.2) is 19.9 Å². The summed E-state index contributed by atoms with van der Waals surface area (Å²) < 4.78 is 34.3. The molecule has 0 N–H and O–H groups in total. The number of nitrogens with zero attached hydrogens (tertiary/aromatic N) is 2. The van der Waals surface area contributed by atoms with E-state index < -0.39 is 20.6 Å². The maximum Gasteiger partial charge on any atom is 0.289 e. The second kappa shape index (κ2) is 8.07. The van der Waals surface area contributed by atoms with Crippen molar-refractivity contribution in [2.45, 2.75) is 4.90 Å². The van der Waals surface area contributed by atoms with Crippen molar-refractivity contribution in [2.75, 3.05) is 10.8 Å². The first-order valence-electron chi connectivity index (χ1n) is 10.2. The Morgan fingerprint density at radius 2 is 1.58 bits per heavy atom. The summed E-state index contributed by atoms with van der Waals surface area (Å²) in [6.45, 7) is -0.0990. The zero-order valence-electron chi connectivity index (χ0n) is 17.3. The molecule has 1 aliphatic heterocycles. The largest absolute Gasteiger partial charge is 0.458 e. The summed E-state index contributed by atoms with van der Waals surface area (Å²) >= 11 is 0. The van der Waals surface area contributed by atoms with E-state index in [2.05, 4.69) is 0 Å². The Balaban J connectivity index is 1.60. The van der Waals surface area contributed by atoms with E-state index >= 15 is 0 Å². The van der Waals surface area contributed by atoms with E-state index in [0.29, 0.717) is 17.2 Å². The van der Waals surface area contributed by atoms with E-state index in [0.717, 1.165) is 20.6 Å². The van der Waals surface area contributed by atoms with E-state index in [1.807, 2.05) is 42.5 Å². The van der Waals surface area contributed by atoms with Gasteiger partial charge in [0.25, 0.3) is 15.7 Å². The Morgan fingerprint density at radius 1 is 0.879 bits per heavy atom. The van der Waals surface area contributed by atoms with E-state index in [1.54, 1.807) is 30.3 Å². The van der Waals surface area contributed by atoms with Crippen LogP contribution >= 0.6 is 0 Å². The molecule has 0 bridgehead atoms. The molecule has 0 radical (unpaired) electrons. The lowest BCUT2D eigenvalue weighted by atomic mass is 10.1. The number of nitro benzene ring substituents is 1. The molecule has 0 atom stereocenters. The number of sulfonamides is 1. The number of nitro groups is 1. The van der Waals surface area contributed by atoms with Crippen molar-refractivity contribution in [3.05, 3.63) is 112 Å². The SMILES string of the molecule is O=[N+]([O-])c1ccccc1S(=O)(=O)N1C/C(=C/c2ccc3ccccc3c2)Oc2ccccc21. The number of ether oxygens (including phenoxy) is 1. The molecular formula is C25H18N2O5S. The zero-order chi connectivity index (χ0) is 23.0. The van der Waals surface area contributed by atoms with Crippen LogP contribution in [0.1, 0.15) is 5.56 Å². The van der Waals surface area contributed by atoms with Gasteiger partial charge in [0.2, 0.25) is 0 Å². The third-order valence-electron chi connectivity index (χ3n) is 5.41. The van der Waals surface area contributed by atoms with Gasteiger partial charge in [-0.1, -0.05) is 60.7 Å². The van der Waals surface area contributed by atoms with Crippen LogP contribution < -0.4 is 9.04 Å². The van der Waals surface area contributed by atoms with Gasteiger partial charge in [0.1, 0.15) is 5.76 Å². The third-order valence-corrected chi connectivity index (χ3v) is 7.21. The predicted molar refractivity (Wildman–Crippen MR) is 127 cm³/mol. The summed E-state index contributed by atoms with van der Waals surface area (Å²) in [6.07, 6.45) is 1.78. The van der Waals surface area contributed by atoms with E-state index in [9.17, 15) is 18.5 Å². The van der Waals surface area contributed by atoms with Gasteiger partial charge in [-0.05, 0) is 46.7 Å². The highest BCUT2D eigenvalue weighted by Gasteiger charge is 2.36. The van der Waals surface area contributed by atoms with Crippen LogP contribution in [0.25, 0.3) is 16.8 Å². The van der Waals surface area contributed by atoms with Crippen LogP contribution in [-0.2, 0) is 10.0 Å². The highest BCUT2D eigenvalue weighted by molar-refractivity contribution is 7.93. The van der Waals surface area contributed by atoms with Crippen molar-refractivity contribution >= 4 is 38.2 Å². The molecule has 0 unspecified atom stereocenters. The van der Waals surface area contributed by atoms with Crippen LogP contribution in [0.3, 0.4) is 0 Å². The fraction of sp³-hybridized carbons (Fsp3) is 0.0400. The minimum Gasteiger partial charge on any atom is -0.458 e. The molecule has 33 heavy (non-hydrogen) atoms. The van der Waals surface area contributed by atoms with Gasteiger partial charge >= 0.3 is 0 Å². The van der Waals surface area contributed by atoms with Crippen molar-refractivity contribution < 1.29 is 18.1 Å². The average Bonchev–Trinajstić information content (AvgIpc) is 2.83. The van der Waals surface area contributed by atoms with Gasteiger partial charge in [-0.25, -0.2) is 8.42 Å². The summed E-state index contributed by atoms with van der Waals surface area (Å²) in [5.41, 5.74) is 0.707. The van der Waals surface area contributed by atoms with Gasteiger partial charge < -0.3 is 4.74 Å². The maximum absolute atomic E-state index is 13.6. The molecule has 0 saturated carbocycles. The Kier molecular flexibility index (Phi) is 5.07. The Morgan fingerprint density at radius 3 is 2.39 bits per heavy atom. The molecule has 164 valence electrons. The number of para-hydroxylation sites is 3. The number of fused-ring (bicyclic) bond motifs is 2. The number of hydrogen-bond acceptors (Lipinski definition) is 5. The summed E-state index contributed by atoms with van der Waals surface area (Å²) in [5, 5.41) is 13.6. The smallest absolute Gasteiger partial charge is 0.289 e. The van der Waals surface area contributed by atoms with Gasteiger partial charge in [0, 0.05) is 6.07 Å². The highest BCUT2D eigenvalue weighted by atomic mass is 32.2. The monoisotopic (exact) mass is 458 g/mol. The summed E-state index contributed by atoms with van der Waals surface area (Å²) in [6, 6.07) is 25.9. The summed E-state index contributed by atoms with van der Waals surface area (Å²) in [7, 11) is -4.24. The topological polar surface area (TPSA) is 89.8 Å². The molecule has 1 heterocycles. The Labute approximate surface area is 190 Å². The first kappa shape index (κ1) is 20.7. The quantitative estimate of drug-likeness (QED) is 0.303. The molecule has 0 amide bonds. The number of hydrogen-bond donors (Lipinski definition) is 0. The van der Waals surface area contributed by atoms with Crippen molar-refractivity contribution in [1.29, 1.82) is 0 Å². The molecule has 8 heteroatoms. The molecule has 0 aliphatic carbocycles. The van der Waals surface area contributed by atoms with Crippen LogP contribution in [0, 0.1) is 10.1 Å². The normalized spacial score (nSPS) is 14.7. The fourth-order valence-corrected chi connectivity index (χ4v) is 5.47. The third kappa shape index (κ3) is 3.81. The number of benzene rings is 4. The average molecular weight is 458 g/mol. The van der Waals surface area contributed by atoms with Gasteiger partial charge in [-0.3, -0.25) is 14.4 Å². The van der Waals surface area contributed by atoms with Crippen molar-refractivity contribution in [1.82, 2.24) is 0 Å². The van der Waals surface area contributed by atoms with E-state index in [-0.39, 0.29) is 11.4 Å². The zero-order valence-corrected chi connectivity index (χ0v) is 18.1. The molecule has 0 aromatic heterocycles. The Hall–Kier alpha value is -4.17. The van der Waals surface area contributed by atoms with Gasteiger partial charge in [0.15, 0.2) is 10.6 Å². The molecular weight excluding hydrogens is 440 g/mol. The summed E-state index contributed by atoms with van der Waals surface area (Å²) in [5.74, 6) is 0.768. The van der Waals surface area contributed by atoms with Crippen LogP contribution in [0.15, 0.2) is 102 Å².